The van der Waals surface area contributed by atoms with Crippen molar-refractivity contribution in [1.29, 1.82) is 0 Å². The number of H-pyrrole nitrogens is 1. The number of hydrogen-bond acceptors (Lipinski definition) is 1. The molecule has 0 amide bonds. The minimum absolute atomic E-state index is 0.360. The van der Waals surface area contributed by atoms with Crippen LogP contribution in [0.1, 0.15) is 54.8 Å². The summed E-state index contributed by atoms with van der Waals surface area (Å²) in [6, 6.07) is 17.5. The van der Waals surface area contributed by atoms with Crippen molar-refractivity contribution in [2.45, 2.75) is 44.4 Å². The van der Waals surface area contributed by atoms with E-state index in [9.17, 15) is 0 Å². The molecule has 27 heavy (non-hydrogen) atoms. The number of methoxy groups -OCH3 is 1. The summed E-state index contributed by atoms with van der Waals surface area (Å²) in [6.07, 6.45) is 10.4. The topological polar surface area (TPSA) is 25.0 Å². The number of benzene rings is 2. The Balaban J connectivity index is 1.66. The maximum Gasteiger partial charge on any atom is 0.118 e. The minimum Gasteiger partial charge on any atom is -0.497 e. The molecule has 1 saturated carbocycles. The molecule has 0 radical (unpaired) electrons. The van der Waals surface area contributed by atoms with Crippen LogP contribution in [-0.2, 0) is 6.42 Å². The summed E-state index contributed by atoms with van der Waals surface area (Å²) in [5.74, 6) is 2.02. The summed E-state index contributed by atoms with van der Waals surface area (Å²) < 4.78 is 5.40. The highest BCUT2D eigenvalue weighted by Crippen LogP contribution is 2.47. The van der Waals surface area contributed by atoms with Gasteiger partial charge in [0.2, 0.25) is 0 Å². The van der Waals surface area contributed by atoms with Crippen molar-refractivity contribution in [2.75, 3.05) is 7.11 Å². The quantitative estimate of drug-likeness (QED) is 0.541. The second-order valence-corrected chi connectivity index (χ2v) is 8.01. The molecule has 1 heterocycles. The lowest BCUT2D eigenvalue weighted by Crippen LogP contribution is -2.20. The fraction of sp³-hybridized carbons (Fsp3) is 0.360. The zero-order chi connectivity index (χ0) is 18.2. The van der Waals surface area contributed by atoms with Gasteiger partial charge in [0.15, 0.2) is 0 Å². The number of aromatic amines is 1. The average molecular weight is 357 g/mol. The first-order valence-corrected chi connectivity index (χ1v) is 10.3. The van der Waals surface area contributed by atoms with E-state index in [1.165, 1.54) is 59.8 Å². The van der Waals surface area contributed by atoms with Crippen LogP contribution in [0.2, 0.25) is 0 Å². The van der Waals surface area contributed by atoms with Crippen molar-refractivity contribution < 1.29 is 4.74 Å². The standard InChI is InChI=1S/C25H27NO/c1-27-19-13-11-18(12-14-19)24-20(17-7-3-2-4-8-17)15-16-23-25(24)21-9-5-6-10-22(21)26-23/h5-6,9-15,17,24,26H,2-4,7-8,16H2,1H3. The van der Waals surface area contributed by atoms with Crippen LogP contribution in [0.15, 0.2) is 60.2 Å². The van der Waals surface area contributed by atoms with E-state index in [1.54, 1.807) is 12.7 Å². The SMILES string of the molecule is COc1ccc(C2C(C3CCCCC3)=CCc3[nH]c4ccccc4c32)cc1. The minimum atomic E-state index is 0.360. The van der Waals surface area contributed by atoms with Crippen molar-refractivity contribution in [1.82, 2.24) is 4.98 Å². The number of para-hydroxylation sites is 1. The molecule has 1 N–H and O–H groups in total. The van der Waals surface area contributed by atoms with Gasteiger partial charge in [-0.3, -0.25) is 0 Å². The molecule has 2 aliphatic carbocycles. The summed E-state index contributed by atoms with van der Waals surface area (Å²) in [5.41, 5.74) is 7.19. The molecule has 3 aromatic rings. The van der Waals surface area contributed by atoms with Crippen LogP contribution in [-0.4, -0.2) is 12.1 Å². The zero-order valence-electron chi connectivity index (χ0n) is 16.0. The molecule has 0 aliphatic heterocycles. The van der Waals surface area contributed by atoms with Crippen LogP contribution in [0.25, 0.3) is 10.9 Å². The molecule has 2 aromatic carbocycles. The zero-order valence-corrected chi connectivity index (χ0v) is 16.0. The van der Waals surface area contributed by atoms with Gasteiger partial charge >= 0.3 is 0 Å². The lowest BCUT2D eigenvalue weighted by atomic mass is 9.70. The highest BCUT2D eigenvalue weighted by Gasteiger charge is 2.32. The molecule has 0 saturated heterocycles. The van der Waals surface area contributed by atoms with Crippen LogP contribution in [0.4, 0.5) is 0 Å². The number of hydrogen-bond donors (Lipinski definition) is 1. The van der Waals surface area contributed by atoms with Crippen LogP contribution >= 0.6 is 0 Å². The van der Waals surface area contributed by atoms with Crippen LogP contribution < -0.4 is 4.74 Å². The summed E-state index contributed by atoms with van der Waals surface area (Å²) >= 11 is 0. The predicted molar refractivity (Wildman–Crippen MR) is 111 cm³/mol. The number of allylic oxidation sites excluding steroid dienone is 2. The largest absolute Gasteiger partial charge is 0.497 e. The van der Waals surface area contributed by atoms with Crippen molar-refractivity contribution in [3.8, 4) is 5.75 Å². The Morgan fingerprint density at radius 1 is 0.926 bits per heavy atom. The summed E-state index contributed by atoms with van der Waals surface area (Å²) in [6.45, 7) is 0. The lowest BCUT2D eigenvalue weighted by molar-refractivity contribution is 0.390. The van der Waals surface area contributed by atoms with Gasteiger partial charge in [0.25, 0.3) is 0 Å². The molecule has 1 atom stereocenters. The number of fused-ring (bicyclic) bond motifs is 3. The normalized spacial score (nSPS) is 20.3. The van der Waals surface area contributed by atoms with E-state index < -0.39 is 0 Å². The van der Waals surface area contributed by atoms with Crippen molar-refractivity contribution in [3.05, 3.63) is 77.0 Å². The second-order valence-electron chi connectivity index (χ2n) is 8.01. The number of aromatic nitrogens is 1. The van der Waals surface area contributed by atoms with E-state index in [4.69, 9.17) is 4.74 Å². The molecule has 1 aromatic heterocycles. The summed E-state index contributed by atoms with van der Waals surface area (Å²) in [7, 11) is 1.74. The third-order valence-electron chi connectivity index (χ3n) is 6.52. The van der Waals surface area contributed by atoms with Gasteiger partial charge in [0, 0.05) is 28.9 Å². The van der Waals surface area contributed by atoms with Crippen molar-refractivity contribution in [2.24, 2.45) is 5.92 Å². The Kier molecular flexibility index (Phi) is 4.27. The van der Waals surface area contributed by atoms with Gasteiger partial charge in [0.1, 0.15) is 5.75 Å². The highest BCUT2D eigenvalue weighted by atomic mass is 16.5. The molecule has 1 unspecified atom stereocenters. The van der Waals surface area contributed by atoms with Gasteiger partial charge in [0.05, 0.1) is 7.11 Å². The third kappa shape index (κ3) is 2.88. The van der Waals surface area contributed by atoms with Gasteiger partial charge in [-0.05, 0) is 48.1 Å². The van der Waals surface area contributed by atoms with Gasteiger partial charge in [-0.25, -0.2) is 0 Å². The van der Waals surface area contributed by atoms with E-state index in [0.29, 0.717) is 5.92 Å². The van der Waals surface area contributed by atoms with Crippen molar-refractivity contribution in [3.63, 3.8) is 0 Å². The van der Waals surface area contributed by atoms with E-state index >= 15 is 0 Å². The fourth-order valence-corrected chi connectivity index (χ4v) is 5.21. The molecule has 138 valence electrons. The highest BCUT2D eigenvalue weighted by molar-refractivity contribution is 5.87. The lowest BCUT2D eigenvalue weighted by Gasteiger charge is -2.34. The first-order chi connectivity index (χ1) is 13.3. The van der Waals surface area contributed by atoms with E-state index in [2.05, 4.69) is 59.6 Å². The van der Waals surface area contributed by atoms with Gasteiger partial charge in [-0.1, -0.05) is 61.2 Å². The molecule has 2 heteroatoms. The maximum atomic E-state index is 5.40. The van der Waals surface area contributed by atoms with Crippen LogP contribution in [0.3, 0.4) is 0 Å². The molecule has 0 spiro atoms. The Morgan fingerprint density at radius 2 is 1.70 bits per heavy atom. The first kappa shape index (κ1) is 16.7. The smallest absolute Gasteiger partial charge is 0.118 e. The number of ether oxygens (including phenoxy) is 1. The first-order valence-electron chi connectivity index (χ1n) is 10.3. The Morgan fingerprint density at radius 3 is 2.48 bits per heavy atom. The average Bonchev–Trinajstić information content (AvgIpc) is 3.12. The molecule has 0 bridgehead atoms. The second kappa shape index (κ2) is 6.92. The Labute approximate surface area is 161 Å². The maximum absolute atomic E-state index is 5.40. The molecule has 2 nitrogen and oxygen atoms in total. The fourth-order valence-electron chi connectivity index (χ4n) is 5.21. The Hall–Kier alpha value is -2.48. The van der Waals surface area contributed by atoms with E-state index in [-0.39, 0.29) is 0 Å². The molecule has 1 fully saturated rings. The monoisotopic (exact) mass is 357 g/mol. The van der Waals surface area contributed by atoms with Gasteiger partial charge in [-0.2, -0.15) is 0 Å². The van der Waals surface area contributed by atoms with Gasteiger partial charge in [-0.15, -0.1) is 0 Å². The van der Waals surface area contributed by atoms with Gasteiger partial charge < -0.3 is 9.72 Å². The molecular weight excluding hydrogens is 330 g/mol. The van der Waals surface area contributed by atoms with Crippen LogP contribution in [0.5, 0.6) is 5.75 Å². The predicted octanol–water partition coefficient (Wildman–Crippen LogP) is 6.37. The molecule has 2 aliphatic rings. The summed E-state index contributed by atoms with van der Waals surface area (Å²) in [4.78, 5) is 3.69. The van der Waals surface area contributed by atoms with Crippen molar-refractivity contribution >= 4 is 10.9 Å². The summed E-state index contributed by atoms with van der Waals surface area (Å²) in [5, 5.41) is 1.38. The number of nitrogens with one attached hydrogen (secondary N) is 1. The van der Waals surface area contributed by atoms with E-state index in [1.807, 2.05) is 0 Å². The number of rotatable bonds is 3. The third-order valence-corrected chi connectivity index (χ3v) is 6.52. The molecule has 5 rings (SSSR count). The van der Waals surface area contributed by atoms with E-state index in [0.717, 1.165) is 18.1 Å². The molecular formula is C25H27NO. The van der Waals surface area contributed by atoms with Crippen LogP contribution in [0, 0.1) is 5.92 Å². The Bertz CT molecular complexity index is 973.